The lowest BCUT2D eigenvalue weighted by atomic mass is 10.1. The van der Waals surface area contributed by atoms with Crippen molar-refractivity contribution in [3.05, 3.63) is 24.6 Å². The van der Waals surface area contributed by atoms with Crippen LogP contribution in [0, 0.1) is 5.41 Å². The van der Waals surface area contributed by atoms with E-state index in [2.05, 4.69) is 10.3 Å². The Morgan fingerprint density at radius 2 is 2.35 bits per heavy atom. The fourth-order valence-corrected chi connectivity index (χ4v) is 1.87. The molecular formula is C12H13N3O2. The summed E-state index contributed by atoms with van der Waals surface area (Å²) in [5.41, 5.74) is 7.44. The van der Waals surface area contributed by atoms with Gasteiger partial charge in [-0.3, -0.25) is 4.79 Å². The van der Waals surface area contributed by atoms with Gasteiger partial charge in [0.05, 0.1) is 5.41 Å². The molecule has 0 saturated heterocycles. The molecule has 1 heterocycles. The molecule has 0 aliphatic heterocycles. The van der Waals surface area contributed by atoms with Gasteiger partial charge in [-0.25, -0.2) is 4.98 Å². The number of anilines is 1. The van der Waals surface area contributed by atoms with Crippen LogP contribution < -0.4 is 11.1 Å². The van der Waals surface area contributed by atoms with Crippen molar-refractivity contribution >= 4 is 22.7 Å². The summed E-state index contributed by atoms with van der Waals surface area (Å²) in [5, 5.41) is 2.87. The zero-order valence-electron chi connectivity index (χ0n) is 9.27. The molecule has 1 aromatic heterocycles. The molecule has 0 atom stereocenters. The van der Waals surface area contributed by atoms with Crippen molar-refractivity contribution in [2.75, 3.05) is 11.9 Å². The van der Waals surface area contributed by atoms with E-state index in [4.69, 9.17) is 10.2 Å². The number of nitrogens with one attached hydrogen (secondary N) is 1. The van der Waals surface area contributed by atoms with Gasteiger partial charge in [0.15, 0.2) is 12.0 Å². The molecule has 3 N–H and O–H groups in total. The van der Waals surface area contributed by atoms with E-state index in [1.54, 1.807) is 6.07 Å². The fraction of sp³-hybridized carbons (Fsp3) is 0.333. The first-order chi connectivity index (χ1) is 8.23. The molecule has 1 amide bonds. The standard InChI is InChI=1S/C12H13N3O2/c13-6-12(3-4-12)11(16)15-8-1-2-9-10(5-8)17-7-14-9/h1-2,5,7H,3-4,6,13H2,(H,15,16). The highest BCUT2D eigenvalue weighted by molar-refractivity contribution is 5.98. The summed E-state index contributed by atoms with van der Waals surface area (Å²) in [4.78, 5) is 16.0. The minimum Gasteiger partial charge on any atom is -0.443 e. The molecule has 88 valence electrons. The molecule has 2 aromatic rings. The monoisotopic (exact) mass is 231 g/mol. The second-order valence-corrected chi connectivity index (χ2v) is 4.47. The number of aromatic nitrogens is 1. The third-order valence-corrected chi connectivity index (χ3v) is 3.32. The van der Waals surface area contributed by atoms with Gasteiger partial charge in [-0.1, -0.05) is 0 Å². The van der Waals surface area contributed by atoms with Gasteiger partial charge < -0.3 is 15.5 Å². The summed E-state index contributed by atoms with van der Waals surface area (Å²) in [5.74, 6) is -0.00105. The second-order valence-electron chi connectivity index (χ2n) is 4.47. The molecule has 0 bridgehead atoms. The fourth-order valence-electron chi connectivity index (χ4n) is 1.87. The molecule has 0 radical (unpaired) electrons. The summed E-state index contributed by atoms with van der Waals surface area (Å²) in [6.07, 6.45) is 3.14. The van der Waals surface area contributed by atoms with Gasteiger partial charge in [-0.15, -0.1) is 0 Å². The van der Waals surface area contributed by atoms with Crippen LogP contribution in [0.25, 0.3) is 11.1 Å². The zero-order chi connectivity index (χ0) is 11.9. The topological polar surface area (TPSA) is 81.2 Å². The average molecular weight is 231 g/mol. The summed E-state index contributed by atoms with van der Waals surface area (Å²) in [6, 6.07) is 5.40. The number of carbonyl (C=O) groups is 1. The SMILES string of the molecule is NCC1(C(=O)Nc2ccc3ncoc3c2)CC1. The Hall–Kier alpha value is -1.88. The quantitative estimate of drug-likeness (QED) is 0.838. The predicted octanol–water partition coefficient (Wildman–Crippen LogP) is 1.51. The number of nitrogens with zero attached hydrogens (tertiary/aromatic N) is 1. The number of carbonyl (C=O) groups excluding carboxylic acids is 1. The van der Waals surface area contributed by atoms with Crippen molar-refractivity contribution in [2.24, 2.45) is 11.1 Å². The summed E-state index contributed by atoms with van der Waals surface area (Å²) >= 11 is 0. The number of hydrogen-bond acceptors (Lipinski definition) is 4. The molecule has 0 spiro atoms. The van der Waals surface area contributed by atoms with Gasteiger partial charge in [-0.2, -0.15) is 0 Å². The normalized spacial score (nSPS) is 17.0. The molecule has 1 aliphatic rings. The van der Waals surface area contributed by atoms with Crippen molar-refractivity contribution in [1.29, 1.82) is 0 Å². The second kappa shape index (κ2) is 3.56. The Balaban J connectivity index is 1.82. The van der Waals surface area contributed by atoms with Crippen molar-refractivity contribution < 1.29 is 9.21 Å². The van der Waals surface area contributed by atoms with E-state index in [0.29, 0.717) is 12.1 Å². The van der Waals surface area contributed by atoms with Crippen LogP contribution >= 0.6 is 0 Å². The van der Waals surface area contributed by atoms with Crippen LogP contribution in [0.2, 0.25) is 0 Å². The van der Waals surface area contributed by atoms with E-state index in [-0.39, 0.29) is 11.3 Å². The minimum absolute atomic E-state index is 0.00105. The maximum absolute atomic E-state index is 12.0. The number of amides is 1. The Morgan fingerprint density at radius 1 is 1.53 bits per heavy atom. The summed E-state index contributed by atoms with van der Waals surface area (Å²) in [7, 11) is 0. The Morgan fingerprint density at radius 3 is 3.06 bits per heavy atom. The molecule has 0 unspecified atom stereocenters. The number of hydrogen-bond donors (Lipinski definition) is 2. The molecule has 3 rings (SSSR count). The zero-order valence-corrected chi connectivity index (χ0v) is 9.27. The molecular weight excluding hydrogens is 218 g/mol. The largest absolute Gasteiger partial charge is 0.443 e. The molecule has 1 fully saturated rings. The smallest absolute Gasteiger partial charge is 0.231 e. The maximum atomic E-state index is 12.0. The van der Waals surface area contributed by atoms with E-state index in [9.17, 15) is 4.79 Å². The Labute approximate surface area is 98.0 Å². The first-order valence-electron chi connectivity index (χ1n) is 5.58. The number of rotatable bonds is 3. The third-order valence-electron chi connectivity index (χ3n) is 3.32. The maximum Gasteiger partial charge on any atom is 0.231 e. The van der Waals surface area contributed by atoms with E-state index in [1.165, 1.54) is 6.39 Å². The molecule has 17 heavy (non-hydrogen) atoms. The van der Waals surface area contributed by atoms with E-state index >= 15 is 0 Å². The van der Waals surface area contributed by atoms with Gasteiger partial charge in [0.2, 0.25) is 5.91 Å². The first kappa shape index (κ1) is 10.3. The van der Waals surface area contributed by atoms with E-state index < -0.39 is 0 Å². The van der Waals surface area contributed by atoms with Crippen LogP contribution in [0.1, 0.15) is 12.8 Å². The van der Waals surface area contributed by atoms with Gasteiger partial charge >= 0.3 is 0 Å². The number of oxazole rings is 1. The van der Waals surface area contributed by atoms with Crippen LogP contribution in [0.4, 0.5) is 5.69 Å². The number of benzene rings is 1. The summed E-state index contributed by atoms with van der Waals surface area (Å²) in [6.45, 7) is 0.406. The molecule has 5 heteroatoms. The average Bonchev–Trinajstić information content (AvgIpc) is 3.01. The lowest BCUT2D eigenvalue weighted by Gasteiger charge is -2.12. The van der Waals surface area contributed by atoms with Gasteiger partial charge in [-0.05, 0) is 25.0 Å². The van der Waals surface area contributed by atoms with Crippen LogP contribution in [0.5, 0.6) is 0 Å². The Kier molecular flexibility index (Phi) is 2.16. The minimum atomic E-state index is -0.337. The molecule has 5 nitrogen and oxygen atoms in total. The highest BCUT2D eigenvalue weighted by Crippen LogP contribution is 2.45. The molecule has 1 saturated carbocycles. The third kappa shape index (κ3) is 1.68. The van der Waals surface area contributed by atoms with E-state index in [1.807, 2.05) is 12.1 Å². The predicted molar refractivity (Wildman–Crippen MR) is 63.4 cm³/mol. The van der Waals surface area contributed by atoms with E-state index in [0.717, 1.165) is 24.0 Å². The van der Waals surface area contributed by atoms with Crippen molar-refractivity contribution in [3.8, 4) is 0 Å². The van der Waals surface area contributed by atoms with Gasteiger partial charge in [0, 0.05) is 18.3 Å². The van der Waals surface area contributed by atoms with Crippen LogP contribution in [0.3, 0.4) is 0 Å². The number of nitrogens with two attached hydrogens (primary N) is 1. The van der Waals surface area contributed by atoms with Crippen molar-refractivity contribution in [1.82, 2.24) is 4.98 Å². The lowest BCUT2D eigenvalue weighted by Crippen LogP contribution is -2.30. The number of fused-ring (bicyclic) bond motifs is 1. The molecule has 1 aliphatic carbocycles. The van der Waals surface area contributed by atoms with Crippen molar-refractivity contribution in [2.45, 2.75) is 12.8 Å². The Bertz CT molecular complexity index is 572. The first-order valence-corrected chi connectivity index (χ1v) is 5.58. The van der Waals surface area contributed by atoms with Crippen LogP contribution in [-0.4, -0.2) is 17.4 Å². The molecule has 1 aromatic carbocycles. The lowest BCUT2D eigenvalue weighted by molar-refractivity contribution is -0.120. The van der Waals surface area contributed by atoms with Gasteiger partial charge in [0.1, 0.15) is 5.52 Å². The van der Waals surface area contributed by atoms with Crippen LogP contribution in [-0.2, 0) is 4.79 Å². The van der Waals surface area contributed by atoms with Crippen LogP contribution in [0.15, 0.2) is 29.0 Å². The highest BCUT2D eigenvalue weighted by Gasteiger charge is 2.48. The highest BCUT2D eigenvalue weighted by atomic mass is 16.3. The van der Waals surface area contributed by atoms with Crippen molar-refractivity contribution in [3.63, 3.8) is 0 Å². The summed E-state index contributed by atoms with van der Waals surface area (Å²) < 4.78 is 5.18. The van der Waals surface area contributed by atoms with Gasteiger partial charge in [0.25, 0.3) is 0 Å².